The summed E-state index contributed by atoms with van der Waals surface area (Å²) in [6.45, 7) is 0.915. The first kappa shape index (κ1) is 21.3. The smallest absolute Gasteiger partial charge is 0.223 e. The predicted molar refractivity (Wildman–Crippen MR) is 108 cm³/mol. The van der Waals surface area contributed by atoms with Crippen molar-refractivity contribution in [3.05, 3.63) is 59.7 Å². The number of likely N-dealkylation sites (tertiary alicyclic amines) is 1. The summed E-state index contributed by atoms with van der Waals surface area (Å²) < 4.78 is 32.3. The maximum absolute atomic E-state index is 13.8. The third kappa shape index (κ3) is 5.56. The molecule has 1 heterocycles. The highest BCUT2D eigenvalue weighted by molar-refractivity contribution is 7.99. The zero-order valence-electron chi connectivity index (χ0n) is 16.2. The summed E-state index contributed by atoms with van der Waals surface area (Å²) in [7, 11) is 1.62. The summed E-state index contributed by atoms with van der Waals surface area (Å²) in [6.07, 6.45) is 1.34. The normalized spacial score (nSPS) is 14.7. The van der Waals surface area contributed by atoms with Crippen LogP contribution < -0.4 is 4.74 Å². The topological polar surface area (TPSA) is 46.6 Å². The molecular formula is C22H23F2NO3S. The number of carbonyl (C=O) groups excluding carboxylic acids is 2. The van der Waals surface area contributed by atoms with E-state index < -0.39 is 11.6 Å². The van der Waals surface area contributed by atoms with Gasteiger partial charge in [-0.2, -0.15) is 0 Å². The van der Waals surface area contributed by atoms with Crippen LogP contribution in [-0.4, -0.2) is 42.5 Å². The fourth-order valence-corrected chi connectivity index (χ4v) is 4.22. The molecule has 0 saturated carbocycles. The summed E-state index contributed by atoms with van der Waals surface area (Å²) in [4.78, 5) is 27.8. The van der Waals surface area contributed by atoms with E-state index in [-0.39, 0.29) is 23.2 Å². The molecule has 1 fully saturated rings. The number of hydrogen-bond donors (Lipinski definition) is 0. The Balaban J connectivity index is 1.45. The number of Topliss-reactive ketones (excluding diaryl/α,β-unsaturated/α-hetero) is 1. The second-order valence-electron chi connectivity index (χ2n) is 6.92. The average molecular weight is 419 g/mol. The largest absolute Gasteiger partial charge is 0.497 e. The van der Waals surface area contributed by atoms with E-state index in [1.807, 2.05) is 24.3 Å². The van der Waals surface area contributed by atoms with E-state index in [0.29, 0.717) is 38.1 Å². The zero-order valence-corrected chi connectivity index (χ0v) is 17.0. The Morgan fingerprint density at radius 3 is 2.45 bits per heavy atom. The molecule has 0 bridgehead atoms. The Morgan fingerprint density at radius 1 is 1.10 bits per heavy atom. The number of rotatable bonds is 7. The quantitative estimate of drug-likeness (QED) is 0.487. The van der Waals surface area contributed by atoms with Crippen molar-refractivity contribution in [2.75, 3.05) is 26.0 Å². The van der Waals surface area contributed by atoms with E-state index in [1.165, 1.54) is 0 Å². The van der Waals surface area contributed by atoms with Crippen LogP contribution in [0.5, 0.6) is 5.75 Å². The maximum atomic E-state index is 13.8. The second kappa shape index (κ2) is 9.87. The lowest BCUT2D eigenvalue weighted by Crippen LogP contribution is -2.40. The van der Waals surface area contributed by atoms with E-state index in [9.17, 15) is 18.4 Å². The van der Waals surface area contributed by atoms with Gasteiger partial charge in [-0.15, -0.1) is 11.8 Å². The fourth-order valence-electron chi connectivity index (χ4n) is 3.38. The SMILES string of the molecule is COc1ccc(SCCC(=O)N2CCC(C(=O)c3cc(F)ccc3F)CC2)cc1. The van der Waals surface area contributed by atoms with Crippen LogP contribution in [0.25, 0.3) is 0 Å². The Bertz CT molecular complexity index is 865. The molecule has 0 radical (unpaired) electrons. The van der Waals surface area contributed by atoms with Crippen LogP contribution in [-0.2, 0) is 4.79 Å². The van der Waals surface area contributed by atoms with Crippen molar-refractivity contribution < 1.29 is 23.1 Å². The number of hydrogen-bond acceptors (Lipinski definition) is 4. The van der Waals surface area contributed by atoms with Crippen LogP contribution in [0.1, 0.15) is 29.6 Å². The molecule has 0 atom stereocenters. The summed E-state index contributed by atoms with van der Waals surface area (Å²) in [5, 5.41) is 0. The van der Waals surface area contributed by atoms with Crippen LogP contribution in [0.4, 0.5) is 8.78 Å². The number of halogens is 2. The van der Waals surface area contributed by atoms with Gasteiger partial charge in [-0.25, -0.2) is 8.78 Å². The molecule has 154 valence electrons. The number of thioether (sulfide) groups is 1. The number of methoxy groups -OCH3 is 1. The van der Waals surface area contributed by atoms with Crippen LogP contribution in [0, 0.1) is 17.6 Å². The Labute approximate surface area is 173 Å². The molecule has 1 aliphatic rings. The Hall–Kier alpha value is -2.41. The highest BCUT2D eigenvalue weighted by Gasteiger charge is 2.29. The number of piperidine rings is 1. The first-order chi connectivity index (χ1) is 14.0. The summed E-state index contributed by atoms with van der Waals surface area (Å²) in [5.74, 6) is -0.594. The van der Waals surface area contributed by atoms with Gasteiger partial charge in [0.2, 0.25) is 5.91 Å². The molecule has 1 aliphatic heterocycles. The number of ether oxygens (including phenoxy) is 1. The maximum Gasteiger partial charge on any atom is 0.223 e. The molecule has 0 aliphatic carbocycles. The number of ketones is 1. The van der Waals surface area contributed by atoms with Gasteiger partial charge in [0, 0.05) is 36.1 Å². The molecule has 1 saturated heterocycles. The van der Waals surface area contributed by atoms with Crippen molar-refractivity contribution in [1.82, 2.24) is 4.90 Å². The van der Waals surface area contributed by atoms with E-state index in [2.05, 4.69) is 0 Å². The molecule has 7 heteroatoms. The summed E-state index contributed by atoms with van der Waals surface area (Å²) in [5.41, 5.74) is -0.203. The minimum atomic E-state index is -0.703. The van der Waals surface area contributed by atoms with Gasteiger partial charge in [0.15, 0.2) is 5.78 Å². The molecule has 4 nitrogen and oxygen atoms in total. The minimum Gasteiger partial charge on any atom is -0.497 e. The highest BCUT2D eigenvalue weighted by Crippen LogP contribution is 2.25. The third-order valence-electron chi connectivity index (χ3n) is 5.06. The minimum absolute atomic E-state index is 0.0499. The number of nitrogens with zero attached hydrogens (tertiary/aromatic N) is 1. The summed E-state index contributed by atoms with van der Waals surface area (Å²) >= 11 is 1.60. The lowest BCUT2D eigenvalue weighted by molar-refractivity contribution is -0.131. The van der Waals surface area contributed by atoms with E-state index in [4.69, 9.17) is 4.74 Å². The van der Waals surface area contributed by atoms with E-state index in [0.717, 1.165) is 28.8 Å². The average Bonchev–Trinajstić information content (AvgIpc) is 2.75. The monoisotopic (exact) mass is 419 g/mol. The first-order valence-electron chi connectivity index (χ1n) is 9.52. The van der Waals surface area contributed by atoms with Crippen molar-refractivity contribution in [2.24, 2.45) is 5.92 Å². The van der Waals surface area contributed by atoms with Crippen LogP contribution in [0.2, 0.25) is 0 Å². The zero-order chi connectivity index (χ0) is 20.8. The molecule has 0 spiro atoms. The number of amides is 1. The van der Waals surface area contributed by atoms with Crippen molar-refractivity contribution in [3.8, 4) is 5.75 Å². The van der Waals surface area contributed by atoms with Crippen molar-refractivity contribution in [3.63, 3.8) is 0 Å². The van der Waals surface area contributed by atoms with Gasteiger partial charge in [-0.3, -0.25) is 9.59 Å². The summed E-state index contributed by atoms with van der Waals surface area (Å²) in [6, 6.07) is 10.6. The van der Waals surface area contributed by atoms with E-state index in [1.54, 1.807) is 23.8 Å². The van der Waals surface area contributed by atoms with Gasteiger partial charge in [0.1, 0.15) is 17.4 Å². The van der Waals surface area contributed by atoms with Crippen LogP contribution in [0.15, 0.2) is 47.4 Å². The molecular weight excluding hydrogens is 396 g/mol. The van der Waals surface area contributed by atoms with Crippen molar-refractivity contribution in [1.29, 1.82) is 0 Å². The lowest BCUT2D eigenvalue weighted by Gasteiger charge is -2.31. The molecule has 3 rings (SSSR count). The molecule has 1 amide bonds. The van der Waals surface area contributed by atoms with Gasteiger partial charge < -0.3 is 9.64 Å². The van der Waals surface area contributed by atoms with Crippen LogP contribution >= 0.6 is 11.8 Å². The standard InChI is InChI=1S/C22H23F2NO3S/c1-28-17-3-5-18(6-4-17)29-13-10-21(26)25-11-8-15(9-12-25)22(27)19-14-16(23)2-7-20(19)24/h2-7,14-15H,8-13H2,1H3. The Kier molecular flexibility index (Phi) is 7.25. The number of benzene rings is 2. The molecule has 2 aromatic carbocycles. The van der Waals surface area contributed by atoms with Gasteiger partial charge >= 0.3 is 0 Å². The molecule has 2 aromatic rings. The lowest BCUT2D eigenvalue weighted by atomic mass is 9.88. The van der Waals surface area contributed by atoms with Gasteiger partial charge in [0.25, 0.3) is 0 Å². The highest BCUT2D eigenvalue weighted by atomic mass is 32.2. The molecule has 29 heavy (non-hydrogen) atoms. The number of carbonyl (C=O) groups is 2. The molecule has 0 N–H and O–H groups in total. The molecule has 0 aromatic heterocycles. The van der Waals surface area contributed by atoms with Gasteiger partial charge in [0.05, 0.1) is 12.7 Å². The van der Waals surface area contributed by atoms with E-state index >= 15 is 0 Å². The van der Waals surface area contributed by atoms with Crippen LogP contribution in [0.3, 0.4) is 0 Å². The van der Waals surface area contributed by atoms with Gasteiger partial charge in [-0.05, 0) is 55.3 Å². The van der Waals surface area contributed by atoms with Crippen molar-refractivity contribution in [2.45, 2.75) is 24.2 Å². The fraction of sp³-hybridized carbons (Fsp3) is 0.364. The third-order valence-corrected chi connectivity index (χ3v) is 6.07. The Morgan fingerprint density at radius 2 is 1.79 bits per heavy atom. The first-order valence-corrected chi connectivity index (χ1v) is 10.5. The van der Waals surface area contributed by atoms with Crippen molar-refractivity contribution >= 4 is 23.5 Å². The second-order valence-corrected chi connectivity index (χ2v) is 8.09. The predicted octanol–water partition coefficient (Wildman–Crippen LogP) is 4.58. The van der Waals surface area contributed by atoms with Gasteiger partial charge in [-0.1, -0.05) is 0 Å². The molecule has 0 unspecified atom stereocenters.